The zero-order valence-electron chi connectivity index (χ0n) is 11.0. The molecule has 1 aromatic carbocycles. The smallest absolute Gasteiger partial charge is 0.233 e. The SMILES string of the molecule is CC(Sc1ccc(Cl)cc1)C(=O)NC(C)c1nn[nH]n1. The number of H-pyrrole nitrogens is 1. The first-order valence-corrected chi connectivity index (χ1v) is 7.28. The maximum absolute atomic E-state index is 12.1. The molecule has 0 bridgehead atoms. The molecular formula is C12H14ClN5OS. The van der Waals surface area contributed by atoms with E-state index in [4.69, 9.17) is 11.6 Å². The number of aromatic amines is 1. The number of nitrogens with one attached hydrogen (secondary N) is 2. The minimum absolute atomic E-state index is 0.0812. The fourth-order valence-electron chi connectivity index (χ4n) is 1.52. The molecule has 0 saturated heterocycles. The molecule has 0 aliphatic heterocycles. The number of carbonyl (C=O) groups is 1. The van der Waals surface area contributed by atoms with Crippen LogP contribution in [0.3, 0.4) is 0 Å². The molecule has 0 fully saturated rings. The standard InChI is InChI=1S/C12H14ClN5OS/c1-7(11-15-17-18-16-11)14-12(19)8(2)20-10-5-3-9(13)4-6-10/h3-8H,1-2H3,(H,14,19)(H,15,16,17,18). The molecule has 0 spiro atoms. The highest BCUT2D eigenvalue weighted by molar-refractivity contribution is 8.00. The summed E-state index contributed by atoms with van der Waals surface area (Å²) < 4.78 is 0. The van der Waals surface area contributed by atoms with Gasteiger partial charge in [0.25, 0.3) is 0 Å². The number of hydrogen-bond acceptors (Lipinski definition) is 5. The van der Waals surface area contributed by atoms with E-state index in [0.717, 1.165) is 4.90 Å². The Hall–Kier alpha value is -1.60. The predicted octanol–water partition coefficient (Wildman–Crippen LogP) is 2.21. The molecule has 0 aliphatic rings. The fraction of sp³-hybridized carbons (Fsp3) is 0.333. The second kappa shape index (κ2) is 6.71. The van der Waals surface area contributed by atoms with Crippen LogP contribution in [0.15, 0.2) is 29.2 Å². The first-order chi connectivity index (χ1) is 9.56. The third-order valence-electron chi connectivity index (χ3n) is 2.60. The van der Waals surface area contributed by atoms with Crippen molar-refractivity contribution >= 4 is 29.3 Å². The molecule has 2 unspecified atom stereocenters. The summed E-state index contributed by atoms with van der Waals surface area (Å²) in [6, 6.07) is 7.10. The highest BCUT2D eigenvalue weighted by Gasteiger charge is 2.19. The lowest BCUT2D eigenvalue weighted by Gasteiger charge is -2.15. The highest BCUT2D eigenvalue weighted by Crippen LogP contribution is 2.25. The van der Waals surface area contributed by atoms with Crippen molar-refractivity contribution in [3.63, 3.8) is 0 Å². The first-order valence-electron chi connectivity index (χ1n) is 6.02. The Morgan fingerprint density at radius 1 is 1.35 bits per heavy atom. The summed E-state index contributed by atoms with van der Waals surface area (Å²) in [5.41, 5.74) is 0. The number of rotatable bonds is 5. The average Bonchev–Trinajstić information content (AvgIpc) is 2.95. The molecule has 2 atom stereocenters. The monoisotopic (exact) mass is 311 g/mol. The van der Waals surface area contributed by atoms with Gasteiger partial charge in [-0.3, -0.25) is 4.79 Å². The molecule has 2 N–H and O–H groups in total. The van der Waals surface area contributed by atoms with Gasteiger partial charge < -0.3 is 5.32 Å². The van der Waals surface area contributed by atoms with Gasteiger partial charge in [-0.25, -0.2) is 0 Å². The van der Waals surface area contributed by atoms with Gasteiger partial charge in [0.05, 0.1) is 11.3 Å². The van der Waals surface area contributed by atoms with Crippen LogP contribution in [0.5, 0.6) is 0 Å². The number of tetrazole rings is 1. The van der Waals surface area contributed by atoms with E-state index >= 15 is 0 Å². The van der Waals surface area contributed by atoms with E-state index in [1.807, 2.05) is 26.0 Å². The maximum Gasteiger partial charge on any atom is 0.233 e. The van der Waals surface area contributed by atoms with Crippen LogP contribution in [0, 0.1) is 0 Å². The summed E-state index contributed by atoms with van der Waals surface area (Å²) in [5, 5.41) is 16.8. The number of benzene rings is 1. The lowest BCUT2D eigenvalue weighted by Crippen LogP contribution is -2.33. The van der Waals surface area contributed by atoms with E-state index in [1.165, 1.54) is 11.8 Å². The van der Waals surface area contributed by atoms with E-state index in [0.29, 0.717) is 10.8 Å². The molecule has 0 aliphatic carbocycles. The number of thioether (sulfide) groups is 1. The van der Waals surface area contributed by atoms with Crippen molar-refractivity contribution in [1.82, 2.24) is 25.9 Å². The van der Waals surface area contributed by atoms with Crippen LogP contribution in [0.4, 0.5) is 0 Å². The van der Waals surface area contributed by atoms with Crippen molar-refractivity contribution in [2.75, 3.05) is 0 Å². The molecule has 0 radical (unpaired) electrons. The van der Waals surface area contributed by atoms with Gasteiger partial charge in [-0.1, -0.05) is 16.8 Å². The van der Waals surface area contributed by atoms with Gasteiger partial charge in [0.15, 0.2) is 5.82 Å². The average molecular weight is 312 g/mol. The third-order valence-corrected chi connectivity index (χ3v) is 3.97. The molecule has 1 aromatic heterocycles. The summed E-state index contributed by atoms with van der Waals surface area (Å²) in [5.74, 6) is 0.379. The number of hydrogen-bond donors (Lipinski definition) is 2. The molecule has 8 heteroatoms. The normalized spacial score (nSPS) is 13.8. The minimum atomic E-state index is -0.283. The maximum atomic E-state index is 12.1. The van der Waals surface area contributed by atoms with Crippen LogP contribution in [-0.4, -0.2) is 31.8 Å². The Balaban J connectivity index is 1.90. The van der Waals surface area contributed by atoms with E-state index in [2.05, 4.69) is 25.9 Å². The second-order valence-electron chi connectivity index (χ2n) is 4.21. The third kappa shape index (κ3) is 3.94. The van der Waals surface area contributed by atoms with Gasteiger partial charge >= 0.3 is 0 Å². The van der Waals surface area contributed by atoms with Crippen LogP contribution in [0.25, 0.3) is 0 Å². The molecule has 106 valence electrons. The molecule has 2 aromatic rings. The number of halogens is 1. The molecule has 2 rings (SSSR count). The van der Waals surface area contributed by atoms with Crippen molar-refractivity contribution in [2.45, 2.75) is 30.0 Å². The van der Waals surface area contributed by atoms with Crippen LogP contribution < -0.4 is 5.32 Å². The number of amides is 1. The lowest BCUT2D eigenvalue weighted by molar-refractivity contribution is -0.121. The Kier molecular flexibility index (Phi) is 4.97. The largest absolute Gasteiger partial charge is 0.345 e. The van der Waals surface area contributed by atoms with E-state index in [-0.39, 0.29) is 17.2 Å². The van der Waals surface area contributed by atoms with Gasteiger partial charge in [-0.2, -0.15) is 5.21 Å². The van der Waals surface area contributed by atoms with Gasteiger partial charge in [0, 0.05) is 9.92 Å². The Morgan fingerprint density at radius 3 is 2.65 bits per heavy atom. The Labute approximate surface area is 125 Å². The van der Waals surface area contributed by atoms with Crippen molar-refractivity contribution < 1.29 is 4.79 Å². The highest BCUT2D eigenvalue weighted by atomic mass is 35.5. The van der Waals surface area contributed by atoms with Crippen molar-refractivity contribution in [3.05, 3.63) is 35.1 Å². The molecule has 20 heavy (non-hydrogen) atoms. The zero-order chi connectivity index (χ0) is 14.5. The van der Waals surface area contributed by atoms with Gasteiger partial charge in [-0.15, -0.1) is 22.0 Å². The number of nitrogens with zero attached hydrogens (tertiary/aromatic N) is 3. The van der Waals surface area contributed by atoms with E-state index in [1.54, 1.807) is 12.1 Å². The summed E-state index contributed by atoms with van der Waals surface area (Å²) in [4.78, 5) is 13.1. The topological polar surface area (TPSA) is 83.6 Å². The summed E-state index contributed by atoms with van der Waals surface area (Å²) in [6.45, 7) is 3.65. The van der Waals surface area contributed by atoms with Crippen LogP contribution >= 0.6 is 23.4 Å². The first kappa shape index (κ1) is 14.8. The number of carbonyl (C=O) groups excluding carboxylic acids is 1. The summed E-state index contributed by atoms with van der Waals surface area (Å²) in [7, 11) is 0. The van der Waals surface area contributed by atoms with Crippen molar-refractivity contribution in [1.29, 1.82) is 0 Å². The second-order valence-corrected chi connectivity index (χ2v) is 6.06. The van der Waals surface area contributed by atoms with Crippen LogP contribution in [0.2, 0.25) is 5.02 Å². The quantitative estimate of drug-likeness (QED) is 0.827. The van der Waals surface area contributed by atoms with Gasteiger partial charge in [0.1, 0.15) is 0 Å². The van der Waals surface area contributed by atoms with Crippen molar-refractivity contribution in [3.8, 4) is 0 Å². The fourth-order valence-corrected chi connectivity index (χ4v) is 2.52. The zero-order valence-corrected chi connectivity index (χ0v) is 12.6. The van der Waals surface area contributed by atoms with Gasteiger partial charge in [-0.05, 0) is 38.1 Å². The van der Waals surface area contributed by atoms with Crippen LogP contribution in [0.1, 0.15) is 25.7 Å². The predicted molar refractivity (Wildman–Crippen MR) is 77.5 cm³/mol. The Morgan fingerprint density at radius 2 is 2.05 bits per heavy atom. The van der Waals surface area contributed by atoms with E-state index < -0.39 is 0 Å². The van der Waals surface area contributed by atoms with Crippen molar-refractivity contribution in [2.24, 2.45) is 0 Å². The number of aromatic nitrogens is 4. The van der Waals surface area contributed by atoms with Gasteiger partial charge in [0.2, 0.25) is 5.91 Å². The summed E-state index contributed by atoms with van der Waals surface area (Å²) in [6.07, 6.45) is 0. The molecule has 0 saturated carbocycles. The van der Waals surface area contributed by atoms with Crippen LogP contribution in [-0.2, 0) is 4.79 Å². The molecule has 6 nitrogen and oxygen atoms in total. The molecule has 1 heterocycles. The minimum Gasteiger partial charge on any atom is -0.345 e. The molecular weight excluding hydrogens is 298 g/mol. The lowest BCUT2D eigenvalue weighted by atomic mass is 10.3. The molecule has 1 amide bonds. The van der Waals surface area contributed by atoms with E-state index in [9.17, 15) is 4.79 Å². The summed E-state index contributed by atoms with van der Waals surface area (Å²) >= 11 is 7.29. The Bertz CT molecular complexity index is 560.